The van der Waals surface area contributed by atoms with Crippen LogP contribution in [0.4, 0.5) is 0 Å². The number of aromatic amines is 1. The number of carbonyl (C=O) groups is 3. The van der Waals surface area contributed by atoms with Crippen LogP contribution in [-0.2, 0) is 16.0 Å². The summed E-state index contributed by atoms with van der Waals surface area (Å²) < 4.78 is 0. The predicted molar refractivity (Wildman–Crippen MR) is 98.8 cm³/mol. The molecule has 26 heavy (non-hydrogen) atoms. The summed E-state index contributed by atoms with van der Waals surface area (Å²) in [7, 11) is 0. The second kappa shape index (κ2) is 7.41. The molecule has 0 fully saturated rings. The first-order chi connectivity index (χ1) is 12.5. The Morgan fingerprint density at radius 1 is 1.00 bits per heavy atom. The number of aryl methyl sites for hydroxylation is 1. The summed E-state index contributed by atoms with van der Waals surface area (Å²) in [5.41, 5.74) is 6.82. The van der Waals surface area contributed by atoms with Gasteiger partial charge in [-0.05, 0) is 30.7 Å². The average molecular weight is 370 g/mol. The molecule has 1 heterocycles. The molecule has 0 unspecified atom stereocenters. The number of halogens is 1. The average Bonchev–Trinajstić information content (AvgIpc) is 2.96. The SMILES string of the molecule is Cc1[nH]c2ccccc2c1C(=O)C(=O)NNC(=O)Cc1ccc(Cl)cc1. The number of benzene rings is 2. The fourth-order valence-corrected chi connectivity index (χ4v) is 2.82. The molecule has 6 nitrogen and oxygen atoms in total. The molecule has 3 aromatic rings. The van der Waals surface area contributed by atoms with Crippen LogP contribution in [0.5, 0.6) is 0 Å². The van der Waals surface area contributed by atoms with Crippen molar-refractivity contribution in [1.29, 1.82) is 0 Å². The van der Waals surface area contributed by atoms with Gasteiger partial charge < -0.3 is 4.98 Å². The zero-order valence-corrected chi connectivity index (χ0v) is 14.7. The summed E-state index contributed by atoms with van der Waals surface area (Å²) >= 11 is 5.79. The van der Waals surface area contributed by atoms with Crippen molar-refractivity contribution in [3.63, 3.8) is 0 Å². The Morgan fingerprint density at radius 2 is 1.69 bits per heavy atom. The number of ketones is 1. The second-order valence-electron chi connectivity index (χ2n) is 5.81. The van der Waals surface area contributed by atoms with Gasteiger partial charge in [0, 0.05) is 21.6 Å². The van der Waals surface area contributed by atoms with E-state index in [-0.39, 0.29) is 6.42 Å². The largest absolute Gasteiger partial charge is 0.358 e. The number of hydrazine groups is 1. The van der Waals surface area contributed by atoms with Crippen molar-refractivity contribution < 1.29 is 14.4 Å². The number of fused-ring (bicyclic) bond motifs is 1. The van der Waals surface area contributed by atoms with Gasteiger partial charge in [0.2, 0.25) is 5.91 Å². The van der Waals surface area contributed by atoms with Crippen molar-refractivity contribution in [2.24, 2.45) is 0 Å². The highest BCUT2D eigenvalue weighted by atomic mass is 35.5. The number of carbonyl (C=O) groups excluding carboxylic acids is 3. The smallest absolute Gasteiger partial charge is 0.310 e. The lowest BCUT2D eigenvalue weighted by atomic mass is 10.1. The summed E-state index contributed by atoms with van der Waals surface area (Å²) in [6.07, 6.45) is 0.0533. The third-order valence-electron chi connectivity index (χ3n) is 3.92. The first-order valence-electron chi connectivity index (χ1n) is 7.91. The van der Waals surface area contributed by atoms with E-state index in [1.807, 2.05) is 12.1 Å². The van der Waals surface area contributed by atoms with Gasteiger partial charge in [0.1, 0.15) is 0 Å². The van der Waals surface area contributed by atoms with Gasteiger partial charge in [0.05, 0.1) is 12.0 Å². The number of amides is 2. The Labute approximate surface area is 154 Å². The molecule has 0 atom stereocenters. The van der Waals surface area contributed by atoms with Crippen molar-refractivity contribution in [3.8, 4) is 0 Å². The third kappa shape index (κ3) is 3.75. The van der Waals surface area contributed by atoms with Crippen molar-refractivity contribution in [1.82, 2.24) is 15.8 Å². The van der Waals surface area contributed by atoms with Gasteiger partial charge in [-0.2, -0.15) is 0 Å². The number of Topliss-reactive ketones (excluding diaryl/α,β-unsaturated/α-hetero) is 1. The van der Waals surface area contributed by atoms with Crippen LogP contribution in [0.1, 0.15) is 21.6 Å². The van der Waals surface area contributed by atoms with Crippen LogP contribution in [0.2, 0.25) is 5.02 Å². The highest BCUT2D eigenvalue weighted by molar-refractivity contribution is 6.45. The number of H-pyrrole nitrogens is 1. The first-order valence-corrected chi connectivity index (χ1v) is 8.29. The van der Waals surface area contributed by atoms with E-state index >= 15 is 0 Å². The molecule has 0 spiro atoms. The highest BCUT2D eigenvalue weighted by Crippen LogP contribution is 2.22. The van der Waals surface area contributed by atoms with Crippen LogP contribution in [0.15, 0.2) is 48.5 Å². The van der Waals surface area contributed by atoms with Gasteiger partial charge in [0.15, 0.2) is 0 Å². The van der Waals surface area contributed by atoms with Crippen molar-refractivity contribution >= 4 is 40.1 Å². The standard InChI is InChI=1S/C19H16ClN3O3/c1-11-17(14-4-2-3-5-15(14)21-11)18(25)19(26)23-22-16(24)10-12-6-8-13(20)9-7-12/h2-9,21H,10H2,1H3,(H,22,24)(H,23,26). The lowest BCUT2D eigenvalue weighted by molar-refractivity contribution is -0.126. The van der Waals surface area contributed by atoms with Gasteiger partial charge in [-0.1, -0.05) is 41.9 Å². The Kier molecular flexibility index (Phi) is 5.04. The minimum atomic E-state index is -0.901. The van der Waals surface area contributed by atoms with E-state index in [9.17, 15) is 14.4 Å². The van der Waals surface area contributed by atoms with Gasteiger partial charge in [-0.3, -0.25) is 25.2 Å². The Balaban J connectivity index is 1.64. The number of para-hydroxylation sites is 1. The Morgan fingerprint density at radius 3 is 2.42 bits per heavy atom. The van der Waals surface area contributed by atoms with E-state index in [0.29, 0.717) is 21.7 Å². The summed E-state index contributed by atoms with van der Waals surface area (Å²) in [5, 5.41) is 1.24. The lowest BCUT2D eigenvalue weighted by Crippen LogP contribution is -2.45. The predicted octanol–water partition coefficient (Wildman–Crippen LogP) is 2.70. The molecule has 3 rings (SSSR count). The summed E-state index contributed by atoms with van der Waals surface area (Å²) in [6.45, 7) is 1.72. The maximum atomic E-state index is 12.5. The van der Waals surface area contributed by atoms with Crippen LogP contribution >= 0.6 is 11.6 Å². The maximum absolute atomic E-state index is 12.5. The monoisotopic (exact) mass is 369 g/mol. The fourth-order valence-electron chi connectivity index (χ4n) is 2.70. The van der Waals surface area contributed by atoms with E-state index in [1.54, 1.807) is 43.3 Å². The quantitative estimate of drug-likeness (QED) is 0.375. The number of hydrogen-bond donors (Lipinski definition) is 3. The van der Waals surface area contributed by atoms with Crippen molar-refractivity contribution in [2.45, 2.75) is 13.3 Å². The highest BCUT2D eigenvalue weighted by Gasteiger charge is 2.22. The summed E-state index contributed by atoms with van der Waals surface area (Å²) in [5.74, 6) is -2.06. The zero-order valence-electron chi connectivity index (χ0n) is 13.9. The number of hydrogen-bond acceptors (Lipinski definition) is 3. The third-order valence-corrected chi connectivity index (χ3v) is 4.17. The maximum Gasteiger partial charge on any atom is 0.310 e. The molecule has 1 aromatic heterocycles. The van der Waals surface area contributed by atoms with Crippen LogP contribution in [-0.4, -0.2) is 22.6 Å². The molecule has 0 saturated heterocycles. The van der Waals surface area contributed by atoms with E-state index in [1.165, 1.54) is 0 Å². The number of nitrogens with one attached hydrogen (secondary N) is 3. The van der Waals surface area contributed by atoms with Crippen LogP contribution < -0.4 is 10.9 Å². The molecule has 2 amide bonds. The van der Waals surface area contributed by atoms with E-state index in [4.69, 9.17) is 11.6 Å². The van der Waals surface area contributed by atoms with E-state index in [2.05, 4.69) is 15.8 Å². The van der Waals surface area contributed by atoms with Crippen molar-refractivity contribution in [2.75, 3.05) is 0 Å². The summed E-state index contributed by atoms with van der Waals surface area (Å²) in [6, 6.07) is 14.0. The number of aromatic nitrogens is 1. The molecule has 132 valence electrons. The molecule has 3 N–H and O–H groups in total. The summed E-state index contributed by atoms with van der Waals surface area (Å²) in [4.78, 5) is 39.6. The Hall–Kier alpha value is -3.12. The van der Waals surface area contributed by atoms with Gasteiger partial charge in [0.25, 0.3) is 5.78 Å². The molecule has 7 heteroatoms. The van der Waals surface area contributed by atoms with Gasteiger partial charge in [-0.15, -0.1) is 0 Å². The lowest BCUT2D eigenvalue weighted by Gasteiger charge is -2.07. The molecule has 0 bridgehead atoms. The molecule has 0 aliphatic heterocycles. The molecule has 0 radical (unpaired) electrons. The van der Waals surface area contributed by atoms with Crippen LogP contribution in [0, 0.1) is 6.92 Å². The Bertz CT molecular complexity index is 993. The number of rotatable bonds is 4. The molecular weight excluding hydrogens is 354 g/mol. The van der Waals surface area contributed by atoms with E-state index in [0.717, 1.165) is 11.1 Å². The molecule has 0 aliphatic carbocycles. The van der Waals surface area contributed by atoms with Crippen LogP contribution in [0.3, 0.4) is 0 Å². The normalized spacial score (nSPS) is 10.5. The first kappa shape index (κ1) is 17.7. The second-order valence-corrected chi connectivity index (χ2v) is 6.24. The molecule has 0 aliphatic rings. The fraction of sp³-hybridized carbons (Fsp3) is 0.105. The molecular formula is C19H16ClN3O3. The van der Waals surface area contributed by atoms with Crippen LogP contribution in [0.25, 0.3) is 10.9 Å². The van der Waals surface area contributed by atoms with Gasteiger partial charge >= 0.3 is 5.91 Å². The minimum absolute atomic E-state index is 0.0533. The zero-order chi connectivity index (χ0) is 18.7. The minimum Gasteiger partial charge on any atom is -0.358 e. The van der Waals surface area contributed by atoms with Crippen molar-refractivity contribution in [3.05, 3.63) is 70.4 Å². The molecule has 2 aromatic carbocycles. The molecule has 0 saturated carbocycles. The topological polar surface area (TPSA) is 91.1 Å². The van der Waals surface area contributed by atoms with Gasteiger partial charge in [-0.25, -0.2) is 0 Å². The van der Waals surface area contributed by atoms with E-state index < -0.39 is 17.6 Å².